The van der Waals surface area contributed by atoms with Gasteiger partial charge in [-0.3, -0.25) is 0 Å². The smallest absolute Gasteiger partial charge is 0.254 e. The molecule has 2 aromatic rings. The lowest BCUT2D eigenvalue weighted by atomic mass is 9.98. The van der Waals surface area contributed by atoms with Crippen LogP contribution in [-0.4, -0.2) is 39.0 Å². The van der Waals surface area contributed by atoms with Crippen molar-refractivity contribution in [1.82, 2.24) is 19.3 Å². The van der Waals surface area contributed by atoms with Crippen LogP contribution in [0, 0.1) is 25.6 Å². The number of ether oxygens (including phenoxy) is 1. The Balaban J connectivity index is 1.30. The van der Waals surface area contributed by atoms with Crippen molar-refractivity contribution in [2.45, 2.75) is 45.4 Å². The average molecular weight is 363 g/mol. The van der Waals surface area contributed by atoms with Crippen LogP contribution in [0.15, 0.2) is 0 Å². The van der Waals surface area contributed by atoms with Gasteiger partial charge in [-0.25, -0.2) is 9.97 Å². The normalized spacial score (nSPS) is 18.6. The number of halogens is 1. The lowest BCUT2D eigenvalue weighted by Gasteiger charge is -2.31. The molecule has 3 heterocycles. The first kappa shape index (κ1) is 16.6. The summed E-state index contributed by atoms with van der Waals surface area (Å²) in [6.07, 6.45) is 4.47. The van der Waals surface area contributed by atoms with Gasteiger partial charge >= 0.3 is 0 Å². The Hall–Kier alpha value is -1.83. The minimum absolute atomic E-state index is 0.0747. The Morgan fingerprint density at radius 3 is 2.60 bits per heavy atom. The second-order valence-electron chi connectivity index (χ2n) is 6.93. The summed E-state index contributed by atoms with van der Waals surface area (Å²) >= 11 is 1.51. The molecule has 0 atom stereocenters. The number of hydrogen-bond donors (Lipinski definition) is 0. The van der Waals surface area contributed by atoms with Crippen molar-refractivity contribution in [1.29, 1.82) is 0 Å². The first-order chi connectivity index (χ1) is 12.1. The number of aromatic nitrogens is 4. The molecular formula is C17H22FN5OS. The molecule has 2 aromatic heterocycles. The number of piperidine rings is 1. The highest BCUT2D eigenvalue weighted by Gasteiger charge is 2.29. The zero-order valence-corrected chi connectivity index (χ0v) is 15.4. The van der Waals surface area contributed by atoms with Crippen molar-refractivity contribution in [2.24, 2.45) is 5.92 Å². The lowest BCUT2D eigenvalue weighted by Crippen LogP contribution is -2.35. The van der Waals surface area contributed by atoms with E-state index in [4.69, 9.17) is 4.74 Å². The van der Waals surface area contributed by atoms with Crippen molar-refractivity contribution >= 4 is 16.7 Å². The second kappa shape index (κ2) is 6.82. The molecule has 0 N–H and O–H groups in total. The molecule has 1 saturated heterocycles. The molecule has 4 rings (SSSR count). The fourth-order valence-corrected chi connectivity index (χ4v) is 3.91. The Morgan fingerprint density at radius 2 is 1.88 bits per heavy atom. The van der Waals surface area contributed by atoms with Crippen LogP contribution in [-0.2, 0) is 0 Å². The minimum atomic E-state index is -0.454. The monoisotopic (exact) mass is 363 g/mol. The summed E-state index contributed by atoms with van der Waals surface area (Å²) in [6.45, 7) is 5.75. The van der Waals surface area contributed by atoms with E-state index < -0.39 is 5.82 Å². The van der Waals surface area contributed by atoms with Crippen molar-refractivity contribution in [3.63, 3.8) is 0 Å². The summed E-state index contributed by atoms with van der Waals surface area (Å²) in [4.78, 5) is 15.1. The Labute approximate surface area is 150 Å². The van der Waals surface area contributed by atoms with Crippen LogP contribution in [0.5, 0.6) is 5.88 Å². The van der Waals surface area contributed by atoms with E-state index in [0.717, 1.165) is 36.9 Å². The van der Waals surface area contributed by atoms with E-state index in [-0.39, 0.29) is 5.88 Å². The SMILES string of the molecule is Cc1nc(C)c(F)c(OCC2CCN(c3nc(C4CC4)ns3)CC2)n1. The first-order valence-electron chi connectivity index (χ1n) is 8.82. The Morgan fingerprint density at radius 1 is 1.12 bits per heavy atom. The molecule has 0 unspecified atom stereocenters. The Bertz CT molecular complexity index is 755. The van der Waals surface area contributed by atoms with Gasteiger partial charge in [0.1, 0.15) is 11.6 Å². The van der Waals surface area contributed by atoms with Gasteiger partial charge in [-0.1, -0.05) is 0 Å². The van der Waals surface area contributed by atoms with Gasteiger partial charge in [0.2, 0.25) is 10.9 Å². The van der Waals surface area contributed by atoms with Crippen molar-refractivity contribution in [3.05, 3.63) is 23.2 Å². The molecule has 1 aliphatic heterocycles. The number of rotatable bonds is 5. The molecular weight excluding hydrogens is 341 g/mol. The van der Waals surface area contributed by atoms with Crippen LogP contribution < -0.4 is 9.64 Å². The van der Waals surface area contributed by atoms with E-state index in [2.05, 4.69) is 24.2 Å². The number of nitrogens with zero attached hydrogens (tertiary/aromatic N) is 5. The van der Waals surface area contributed by atoms with Crippen molar-refractivity contribution < 1.29 is 9.13 Å². The highest BCUT2D eigenvalue weighted by atomic mass is 32.1. The largest absolute Gasteiger partial charge is 0.475 e. The zero-order chi connectivity index (χ0) is 17.4. The summed E-state index contributed by atoms with van der Waals surface area (Å²) in [7, 11) is 0. The molecule has 0 aromatic carbocycles. The quantitative estimate of drug-likeness (QED) is 0.812. The molecule has 1 aliphatic carbocycles. The van der Waals surface area contributed by atoms with E-state index in [1.54, 1.807) is 13.8 Å². The topological polar surface area (TPSA) is 64.0 Å². The van der Waals surface area contributed by atoms with Gasteiger partial charge in [-0.2, -0.15) is 13.7 Å². The van der Waals surface area contributed by atoms with Crippen molar-refractivity contribution in [3.8, 4) is 5.88 Å². The summed E-state index contributed by atoms with van der Waals surface area (Å²) < 4.78 is 24.2. The van der Waals surface area contributed by atoms with Crippen LogP contribution in [0.1, 0.15) is 48.9 Å². The molecule has 2 aliphatic rings. The molecule has 0 spiro atoms. The van der Waals surface area contributed by atoms with Crippen LogP contribution in [0.4, 0.5) is 9.52 Å². The van der Waals surface area contributed by atoms with Gasteiger partial charge in [-0.15, -0.1) is 0 Å². The molecule has 0 radical (unpaired) electrons. The molecule has 1 saturated carbocycles. The third-order valence-electron chi connectivity index (χ3n) is 4.81. The molecule has 2 fully saturated rings. The fraction of sp³-hybridized carbons (Fsp3) is 0.647. The molecule has 25 heavy (non-hydrogen) atoms. The van der Waals surface area contributed by atoms with E-state index >= 15 is 0 Å². The number of hydrogen-bond acceptors (Lipinski definition) is 7. The summed E-state index contributed by atoms with van der Waals surface area (Å²) in [5.41, 5.74) is 0.333. The molecule has 134 valence electrons. The molecule has 0 bridgehead atoms. The van der Waals surface area contributed by atoms with E-state index in [1.165, 1.54) is 24.4 Å². The average Bonchev–Trinajstić information content (AvgIpc) is 3.34. The van der Waals surface area contributed by atoms with Crippen LogP contribution in [0.25, 0.3) is 0 Å². The first-order valence-corrected chi connectivity index (χ1v) is 9.59. The van der Waals surface area contributed by atoms with E-state index in [1.807, 2.05) is 0 Å². The van der Waals surface area contributed by atoms with Gasteiger partial charge < -0.3 is 9.64 Å². The van der Waals surface area contributed by atoms with Crippen molar-refractivity contribution in [2.75, 3.05) is 24.6 Å². The lowest BCUT2D eigenvalue weighted by molar-refractivity contribution is 0.206. The maximum Gasteiger partial charge on any atom is 0.254 e. The van der Waals surface area contributed by atoms with Gasteiger partial charge in [0, 0.05) is 30.5 Å². The summed E-state index contributed by atoms with van der Waals surface area (Å²) in [6, 6.07) is 0. The zero-order valence-electron chi connectivity index (χ0n) is 14.5. The highest BCUT2D eigenvalue weighted by molar-refractivity contribution is 7.09. The third kappa shape index (κ3) is 3.73. The van der Waals surface area contributed by atoms with Gasteiger partial charge in [0.05, 0.1) is 12.3 Å². The predicted octanol–water partition coefficient (Wildman–Crippen LogP) is 3.26. The number of aryl methyl sites for hydroxylation is 2. The molecule has 6 nitrogen and oxygen atoms in total. The molecule has 8 heteroatoms. The fourth-order valence-electron chi connectivity index (χ4n) is 3.11. The highest BCUT2D eigenvalue weighted by Crippen LogP contribution is 2.40. The van der Waals surface area contributed by atoms with Gasteiger partial charge in [0.25, 0.3) is 5.88 Å². The van der Waals surface area contributed by atoms with Crippen LogP contribution >= 0.6 is 11.5 Å². The maximum absolute atomic E-state index is 14.0. The summed E-state index contributed by atoms with van der Waals surface area (Å²) in [5, 5.41) is 1.04. The van der Waals surface area contributed by atoms with Gasteiger partial charge in [-0.05, 0) is 45.4 Å². The summed E-state index contributed by atoms with van der Waals surface area (Å²) in [5.74, 6) is 2.18. The van der Waals surface area contributed by atoms with Crippen LogP contribution in [0.3, 0.4) is 0 Å². The van der Waals surface area contributed by atoms with Crippen LogP contribution in [0.2, 0.25) is 0 Å². The minimum Gasteiger partial charge on any atom is -0.475 e. The van der Waals surface area contributed by atoms with Gasteiger partial charge in [0.15, 0.2) is 0 Å². The third-order valence-corrected chi connectivity index (χ3v) is 5.60. The Kier molecular flexibility index (Phi) is 4.54. The molecule has 0 amide bonds. The predicted molar refractivity (Wildman–Crippen MR) is 93.8 cm³/mol. The van der Waals surface area contributed by atoms with E-state index in [0.29, 0.717) is 30.0 Å². The standard InChI is InChI=1S/C17H22FN5OS/c1-10-14(18)16(20-11(2)19-10)24-9-12-5-7-23(8-6-12)17-21-15(22-25-17)13-3-4-13/h12-13H,3-9H2,1-2H3. The van der Waals surface area contributed by atoms with E-state index in [9.17, 15) is 4.39 Å². The maximum atomic E-state index is 14.0. The second-order valence-corrected chi connectivity index (χ2v) is 7.66. The number of anilines is 1.